The zero-order chi connectivity index (χ0) is 13.3. The first-order valence-electron chi connectivity index (χ1n) is 6.39. The van der Waals surface area contributed by atoms with Crippen LogP contribution in [-0.4, -0.2) is 12.6 Å². The molecule has 0 aliphatic carbocycles. The van der Waals surface area contributed by atoms with Crippen molar-refractivity contribution in [2.75, 3.05) is 6.61 Å². The minimum atomic E-state index is -0.208. The second-order valence-corrected chi connectivity index (χ2v) is 5.16. The van der Waals surface area contributed by atoms with E-state index >= 15 is 0 Å². The van der Waals surface area contributed by atoms with Gasteiger partial charge in [0.2, 0.25) is 0 Å². The third-order valence-electron chi connectivity index (χ3n) is 2.40. The summed E-state index contributed by atoms with van der Waals surface area (Å²) >= 11 is 0. The lowest BCUT2D eigenvalue weighted by Crippen LogP contribution is -2.05. The third-order valence-corrected chi connectivity index (χ3v) is 2.40. The molecule has 2 heteroatoms. The van der Waals surface area contributed by atoms with Crippen molar-refractivity contribution < 1.29 is 9.53 Å². The largest absolute Gasteiger partial charge is 0.463 e. The summed E-state index contributed by atoms with van der Waals surface area (Å²) in [6.07, 6.45) is 6.63. The van der Waals surface area contributed by atoms with E-state index in [1.54, 1.807) is 6.08 Å². The molecule has 0 rings (SSSR count). The Kier molecular flexibility index (Phi) is 8.47. The molecule has 0 fully saturated rings. The van der Waals surface area contributed by atoms with Gasteiger partial charge in [-0.25, -0.2) is 4.79 Å². The van der Waals surface area contributed by atoms with E-state index in [9.17, 15) is 4.79 Å². The summed E-state index contributed by atoms with van der Waals surface area (Å²) in [5, 5.41) is 0. The molecule has 17 heavy (non-hydrogen) atoms. The van der Waals surface area contributed by atoms with Gasteiger partial charge in [-0.05, 0) is 46.0 Å². The SMILES string of the molecule is CC(C)=CCC/C(C)=C\C(=O)OCCC(C)C. The molecule has 0 bridgehead atoms. The van der Waals surface area contributed by atoms with E-state index in [-0.39, 0.29) is 5.97 Å². The first kappa shape index (κ1) is 16.0. The van der Waals surface area contributed by atoms with E-state index in [0.29, 0.717) is 12.5 Å². The molecule has 0 N–H and O–H groups in total. The predicted molar refractivity (Wildman–Crippen MR) is 72.8 cm³/mol. The average Bonchev–Trinajstić information content (AvgIpc) is 2.15. The molecule has 0 saturated heterocycles. The fourth-order valence-corrected chi connectivity index (χ4v) is 1.30. The van der Waals surface area contributed by atoms with Crippen LogP contribution in [0, 0.1) is 5.92 Å². The number of ether oxygens (including phenoxy) is 1. The zero-order valence-electron chi connectivity index (χ0n) is 11.9. The molecule has 98 valence electrons. The Hall–Kier alpha value is -1.05. The van der Waals surface area contributed by atoms with Crippen LogP contribution >= 0.6 is 0 Å². The fraction of sp³-hybridized carbons (Fsp3) is 0.667. The van der Waals surface area contributed by atoms with Gasteiger partial charge in [0.25, 0.3) is 0 Å². The van der Waals surface area contributed by atoms with Crippen molar-refractivity contribution >= 4 is 5.97 Å². The van der Waals surface area contributed by atoms with Crippen LogP contribution in [0.3, 0.4) is 0 Å². The van der Waals surface area contributed by atoms with Gasteiger partial charge < -0.3 is 4.74 Å². The van der Waals surface area contributed by atoms with Crippen molar-refractivity contribution in [2.45, 2.75) is 53.9 Å². The standard InChI is InChI=1S/C15H26O2/c1-12(2)7-6-8-14(5)11-15(16)17-10-9-13(3)4/h7,11,13H,6,8-10H2,1-5H3/b14-11-. The highest BCUT2D eigenvalue weighted by molar-refractivity contribution is 5.82. The van der Waals surface area contributed by atoms with Crippen LogP contribution in [0.2, 0.25) is 0 Å². The van der Waals surface area contributed by atoms with Gasteiger partial charge in [-0.2, -0.15) is 0 Å². The number of carbonyl (C=O) groups excluding carboxylic acids is 1. The van der Waals surface area contributed by atoms with E-state index in [0.717, 1.165) is 24.8 Å². The second kappa shape index (κ2) is 9.03. The minimum Gasteiger partial charge on any atom is -0.463 e. The monoisotopic (exact) mass is 238 g/mol. The molecule has 0 atom stereocenters. The Balaban J connectivity index is 3.86. The summed E-state index contributed by atoms with van der Waals surface area (Å²) in [6, 6.07) is 0. The van der Waals surface area contributed by atoms with Crippen molar-refractivity contribution in [1.29, 1.82) is 0 Å². The summed E-state index contributed by atoms with van der Waals surface area (Å²) in [5.41, 5.74) is 2.40. The van der Waals surface area contributed by atoms with Crippen molar-refractivity contribution in [1.82, 2.24) is 0 Å². The molecule has 0 aliphatic heterocycles. The van der Waals surface area contributed by atoms with E-state index in [1.165, 1.54) is 5.57 Å². The quantitative estimate of drug-likeness (QED) is 0.376. The van der Waals surface area contributed by atoms with E-state index < -0.39 is 0 Å². The molecular formula is C15H26O2. The van der Waals surface area contributed by atoms with Gasteiger partial charge in [0.15, 0.2) is 0 Å². The molecule has 0 aromatic rings. The van der Waals surface area contributed by atoms with Gasteiger partial charge in [0.05, 0.1) is 6.61 Å². The van der Waals surface area contributed by atoms with Crippen LogP contribution in [-0.2, 0) is 9.53 Å². The smallest absolute Gasteiger partial charge is 0.330 e. The average molecular weight is 238 g/mol. The predicted octanol–water partition coefficient (Wildman–Crippen LogP) is 4.27. The molecular weight excluding hydrogens is 212 g/mol. The molecule has 0 saturated carbocycles. The van der Waals surface area contributed by atoms with E-state index in [4.69, 9.17) is 4.74 Å². The summed E-state index contributed by atoms with van der Waals surface area (Å²) in [6.45, 7) is 10.9. The summed E-state index contributed by atoms with van der Waals surface area (Å²) in [5.74, 6) is 0.367. The van der Waals surface area contributed by atoms with Crippen LogP contribution in [0.5, 0.6) is 0 Å². The lowest BCUT2D eigenvalue weighted by atomic mass is 10.1. The Bertz CT molecular complexity index is 281. The van der Waals surface area contributed by atoms with Gasteiger partial charge in [0, 0.05) is 6.08 Å². The van der Waals surface area contributed by atoms with E-state index in [2.05, 4.69) is 33.8 Å². The lowest BCUT2D eigenvalue weighted by molar-refractivity contribution is -0.138. The van der Waals surface area contributed by atoms with Gasteiger partial charge in [0.1, 0.15) is 0 Å². The maximum atomic E-state index is 11.4. The second-order valence-electron chi connectivity index (χ2n) is 5.16. The zero-order valence-corrected chi connectivity index (χ0v) is 11.9. The van der Waals surface area contributed by atoms with Crippen molar-refractivity contribution in [3.05, 3.63) is 23.3 Å². The first-order valence-corrected chi connectivity index (χ1v) is 6.39. The van der Waals surface area contributed by atoms with Gasteiger partial charge in [-0.1, -0.05) is 31.1 Å². The molecule has 0 unspecified atom stereocenters. The molecule has 0 spiro atoms. The van der Waals surface area contributed by atoms with Crippen LogP contribution in [0.15, 0.2) is 23.3 Å². The number of hydrogen-bond acceptors (Lipinski definition) is 2. The summed E-state index contributed by atoms with van der Waals surface area (Å²) in [4.78, 5) is 11.4. The molecule has 0 aromatic carbocycles. The number of rotatable bonds is 7. The molecule has 0 radical (unpaired) electrons. The molecule has 2 nitrogen and oxygen atoms in total. The van der Waals surface area contributed by atoms with Crippen molar-refractivity contribution in [2.24, 2.45) is 5.92 Å². The number of hydrogen-bond donors (Lipinski definition) is 0. The van der Waals surface area contributed by atoms with Gasteiger partial charge in [-0.15, -0.1) is 0 Å². The Morgan fingerprint density at radius 3 is 2.41 bits per heavy atom. The normalized spacial score (nSPS) is 11.5. The van der Waals surface area contributed by atoms with E-state index in [1.807, 2.05) is 6.92 Å². The van der Waals surface area contributed by atoms with Gasteiger partial charge >= 0.3 is 5.97 Å². The van der Waals surface area contributed by atoms with Crippen molar-refractivity contribution in [3.63, 3.8) is 0 Å². The van der Waals surface area contributed by atoms with Crippen molar-refractivity contribution in [3.8, 4) is 0 Å². The van der Waals surface area contributed by atoms with Crippen LogP contribution in [0.4, 0.5) is 0 Å². The maximum Gasteiger partial charge on any atom is 0.330 e. The maximum absolute atomic E-state index is 11.4. The highest BCUT2D eigenvalue weighted by atomic mass is 16.5. The Labute approximate surface area is 106 Å². The Morgan fingerprint density at radius 1 is 1.24 bits per heavy atom. The van der Waals surface area contributed by atoms with Gasteiger partial charge in [-0.3, -0.25) is 0 Å². The fourth-order valence-electron chi connectivity index (χ4n) is 1.30. The summed E-state index contributed by atoms with van der Waals surface area (Å²) in [7, 11) is 0. The molecule has 0 aliphatic rings. The summed E-state index contributed by atoms with van der Waals surface area (Å²) < 4.78 is 5.12. The first-order chi connectivity index (χ1) is 7.91. The number of allylic oxidation sites excluding steroid dienone is 3. The highest BCUT2D eigenvalue weighted by Gasteiger charge is 2.00. The van der Waals surface area contributed by atoms with Crippen LogP contribution in [0.1, 0.15) is 53.9 Å². The number of esters is 1. The highest BCUT2D eigenvalue weighted by Crippen LogP contribution is 2.07. The Morgan fingerprint density at radius 2 is 1.88 bits per heavy atom. The molecule has 0 heterocycles. The molecule has 0 aromatic heterocycles. The molecule has 0 amide bonds. The number of carbonyl (C=O) groups is 1. The topological polar surface area (TPSA) is 26.3 Å². The lowest BCUT2D eigenvalue weighted by Gasteiger charge is -2.05. The van der Waals surface area contributed by atoms with Crippen LogP contribution in [0.25, 0.3) is 0 Å². The van der Waals surface area contributed by atoms with Crippen LogP contribution < -0.4 is 0 Å². The minimum absolute atomic E-state index is 0.208. The third kappa shape index (κ3) is 11.2.